The minimum atomic E-state index is -0.429. The normalized spacial score (nSPS) is 11.0. The maximum absolute atomic E-state index is 12.3. The summed E-state index contributed by atoms with van der Waals surface area (Å²) < 4.78 is 6.86. The van der Waals surface area contributed by atoms with E-state index in [2.05, 4.69) is 45.1 Å². The van der Waals surface area contributed by atoms with Gasteiger partial charge >= 0.3 is 6.03 Å². The van der Waals surface area contributed by atoms with Crippen molar-refractivity contribution in [3.63, 3.8) is 0 Å². The molecule has 0 saturated carbocycles. The lowest BCUT2D eigenvalue weighted by Crippen LogP contribution is -2.34. The molecule has 0 aliphatic rings. The fourth-order valence-electron chi connectivity index (χ4n) is 3.10. The zero-order valence-electron chi connectivity index (χ0n) is 16.9. The molecule has 3 aromatic rings. The summed E-state index contributed by atoms with van der Waals surface area (Å²) in [6, 6.07) is 4.90. The molecule has 0 radical (unpaired) electrons. The number of fused-ring (bicyclic) bond motifs is 1. The summed E-state index contributed by atoms with van der Waals surface area (Å²) in [5.41, 5.74) is 9.62. The van der Waals surface area contributed by atoms with Crippen LogP contribution in [0.4, 0.5) is 16.3 Å². The highest BCUT2D eigenvalue weighted by Gasteiger charge is 2.16. The van der Waals surface area contributed by atoms with Crippen LogP contribution < -0.4 is 20.9 Å². The predicted molar refractivity (Wildman–Crippen MR) is 109 cm³/mol. The molecule has 2 amide bonds. The van der Waals surface area contributed by atoms with Crippen LogP contribution in [0, 0.1) is 13.8 Å². The van der Waals surface area contributed by atoms with Gasteiger partial charge in [-0.1, -0.05) is 13.8 Å². The highest BCUT2D eigenvalue weighted by atomic mass is 16.5. The van der Waals surface area contributed by atoms with Crippen molar-refractivity contribution < 1.29 is 9.53 Å². The average Bonchev–Trinajstić information content (AvgIpc) is 2.92. The van der Waals surface area contributed by atoms with Crippen molar-refractivity contribution in [2.45, 2.75) is 33.6 Å². The molecule has 3 heterocycles. The number of aromatic nitrogens is 4. The van der Waals surface area contributed by atoms with Crippen LogP contribution in [0.15, 0.2) is 18.2 Å². The molecule has 0 aliphatic heterocycles. The Kier molecular flexibility index (Phi) is 5.34. The molecule has 3 rings (SSSR count). The SMILES string of the molecule is COc1cc(NC(=O)NNc2cc(C(C)C)c3c(C)nn(C)c3n2)cc(C)n1. The predicted octanol–water partition coefficient (Wildman–Crippen LogP) is 3.26. The van der Waals surface area contributed by atoms with Crippen LogP contribution in [0.5, 0.6) is 5.88 Å². The monoisotopic (exact) mass is 383 g/mol. The van der Waals surface area contributed by atoms with E-state index >= 15 is 0 Å². The smallest absolute Gasteiger partial charge is 0.337 e. The molecule has 0 atom stereocenters. The van der Waals surface area contributed by atoms with Crippen LogP contribution in [-0.4, -0.2) is 32.9 Å². The van der Waals surface area contributed by atoms with Crippen LogP contribution in [0.2, 0.25) is 0 Å². The van der Waals surface area contributed by atoms with Gasteiger partial charge in [-0.2, -0.15) is 5.10 Å². The van der Waals surface area contributed by atoms with Gasteiger partial charge in [0.15, 0.2) is 5.65 Å². The molecule has 0 fully saturated rings. The van der Waals surface area contributed by atoms with Gasteiger partial charge in [0.25, 0.3) is 0 Å². The number of nitrogens with one attached hydrogen (secondary N) is 3. The largest absolute Gasteiger partial charge is 0.481 e. The van der Waals surface area contributed by atoms with Crippen molar-refractivity contribution >= 4 is 28.6 Å². The Labute approximate surface area is 163 Å². The summed E-state index contributed by atoms with van der Waals surface area (Å²) in [4.78, 5) is 21.0. The molecule has 0 saturated heterocycles. The van der Waals surface area contributed by atoms with Gasteiger partial charge in [0, 0.05) is 29.9 Å². The molecule has 9 heteroatoms. The van der Waals surface area contributed by atoms with Crippen LogP contribution in [0.25, 0.3) is 11.0 Å². The summed E-state index contributed by atoms with van der Waals surface area (Å²) in [6.45, 7) is 8.03. The van der Waals surface area contributed by atoms with Gasteiger partial charge in [0.1, 0.15) is 5.82 Å². The fourth-order valence-corrected chi connectivity index (χ4v) is 3.10. The summed E-state index contributed by atoms with van der Waals surface area (Å²) >= 11 is 0. The first-order chi connectivity index (χ1) is 13.3. The first-order valence-corrected chi connectivity index (χ1v) is 8.98. The lowest BCUT2D eigenvalue weighted by Gasteiger charge is -2.13. The van der Waals surface area contributed by atoms with Crippen molar-refractivity contribution in [3.8, 4) is 5.88 Å². The molecular weight excluding hydrogens is 358 g/mol. The Bertz CT molecular complexity index is 1030. The maximum Gasteiger partial charge on any atom is 0.337 e. The minimum absolute atomic E-state index is 0.287. The van der Waals surface area contributed by atoms with E-state index in [9.17, 15) is 4.79 Å². The number of anilines is 2. The number of hydrogen-bond donors (Lipinski definition) is 3. The fraction of sp³-hybridized carbons (Fsp3) is 0.368. The van der Waals surface area contributed by atoms with Crippen LogP contribution in [0.3, 0.4) is 0 Å². The van der Waals surface area contributed by atoms with E-state index in [1.807, 2.05) is 27.0 Å². The molecule has 3 N–H and O–H groups in total. The zero-order valence-corrected chi connectivity index (χ0v) is 16.9. The topological polar surface area (TPSA) is 106 Å². The number of amides is 2. The number of pyridine rings is 2. The van der Waals surface area contributed by atoms with Crippen molar-refractivity contribution in [2.24, 2.45) is 7.05 Å². The molecule has 0 spiro atoms. The van der Waals surface area contributed by atoms with E-state index in [0.717, 1.165) is 28.0 Å². The highest BCUT2D eigenvalue weighted by molar-refractivity contribution is 5.90. The number of nitrogens with zero attached hydrogens (tertiary/aromatic N) is 4. The van der Waals surface area contributed by atoms with Crippen molar-refractivity contribution in [3.05, 3.63) is 35.2 Å². The molecule has 28 heavy (non-hydrogen) atoms. The number of urea groups is 1. The minimum Gasteiger partial charge on any atom is -0.481 e. The first kappa shape index (κ1) is 19.4. The summed E-state index contributed by atoms with van der Waals surface area (Å²) in [5.74, 6) is 1.26. The summed E-state index contributed by atoms with van der Waals surface area (Å²) in [6.07, 6.45) is 0. The van der Waals surface area contributed by atoms with E-state index in [4.69, 9.17) is 4.74 Å². The zero-order chi connectivity index (χ0) is 20.4. The number of carbonyl (C=O) groups is 1. The van der Waals surface area contributed by atoms with Gasteiger partial charge in [-0.3, -0.25) is 15.5 Å². The molecule has 3 aromatic heterocycles. The summed E-state index contributed by atoms with van der Waals surface area (Å²) in [5, 5.41) is 8.25. The van der Waals surface area contributed by atoms with Crippen LogP contribution in [0.1, 0.15) is 36.7 Å². The van der Waals surface area contributed by atoms with Crippen LogP contribution in [-0.2, 0) is 7.05 Å². The van der Waals surface area contributed by atoms with Crippen molar-refractivity contribution in [2.75, 3.05) is 17.9 Å². The van der Waals surface area contributed by atoms with Crippen LogP contribution >= 0.6 is 0 Å². The third-order valence-electron chi connectivity index (χ3n) is 4.32. The number of methoxy groups -OCH3 is 1. The quantitative estimate of drug-likeness (QED) is 0.584. The van der Waals surface area contributed by atoms with Crippen molar-refractivity contribution in [1.82, 2.24) is 25.2 Å². The average molecular weight is 383 g/mol. The standard InChI is InChI=1S/C19H25N7O2/c1-10(2)14-9-15(22-18-17(14)12(4)25-26(18)5)23-24-19(27)21-13-7-11(3)20-16(8-13)28-6/h7-10H,1-6H3,(H,22,23)(H2,20,21,24,27). The number of hydrogen-bond acceptors (Lipinski definition) is 6. The van der Waals surface area contributed by atoms with Gasteiger partial charge in [-0.25, -0.2) is 14.8 Å². The van der Waals surface area contributed by atoms with E-state index < -0.39 is 6.03 Å². The molecule has 9 nitrogen and oxygen atoms in total. The molecule has 0 bridgehead atoms. The van der Waals surface area contributed by atoms with E-state index in [-0.39, 0.29) is 5.92 Å². The third kappa shape index (κ3) is 3.98. The second kappa shape index (κ2) is 7.71. The molecular formula is C19H25N7O2. The number of ether oxygens (including phenoxy) is 1. The van der Waals surface area contributed by atoms with Gasteiger partial charge in [0.2, 0.25) is 5.88 Å². The molecule has 0 aliphatic carbocycles. The summed E-state index contributed by atoms with van der Waals surface area (Å²) in [7, 11) is 3.39. The lowest BCUT2D eigenvalue weighted by molar-refractivity contribution is 0.254. The van der Waals surface area contributed by atoms with Gasteiger partial charge in [-0.15, -0.1) is 0 Å². The number of aryl methyl sites for hydroxylation is 3. The maximum atomic E-state index is 12.3. The van der Waals surface area contributed by atoms with Gasteiger partial charge in [0.05, 0.1) is 12.8 Å². The second-order valence-corrected chi connectivity index (χ2v) is 6.90. The number of carbonyl (C=O) groups excluding carboxylic acids is 1. The van der Waals surface area contributed by atoms with E-state index in [0.29, 0.717) is 17.4 Å². The Morgan fingerprint density at radius 2 is 1.93 bits per heavy atom. The Morgan fingerprint density at radius 3 is 2.61 bits per heavy atom. The molecule has 148 valence electrons. The van der Waals surface area contributed by atoms with E-state index in [1.165, 1.54) is 7.11 Å². The Balaban J connectivity index is 1.77. The second-order valence-electron chi connectivity index (χ2n) is 6.90. The number of rotatable bonds is 5. The number of hydrazine groups is 1. The Hall–Kier alpha value is -3.36. The molecule has 0 unspecified atom stereocenters. The first-order valence-electron chi connectivity index (χ1n) is 8.98. The lowest BCUT2D eigenvalue weighted by atomic mass is 10.00. The molecule has 0 aromatic carbocycles. The Morgan fingerprint density at radius 1 is 1.18 bits per heavy atom. The highest BCUT2D eigenvalue weighted by Crippen LogP contribution is 2.29. The van der Waals surface area contributed by atoms with Gasteiger partial charge in [-0.05, 0) is 37.5 Å². The third-order valence-corrected chi connectivity index (χ3v) is 4.32. The van der Waals surface area contributed by atoms with E-state index in [1.54, 1.807) is 16.8 Å². The van der Waals surface area contributed by atoms with Gasteiger partial charge < -0.3 is 10.1 Å². The van der Waals surface area contributed by atoms with Crippen molar-refractivity contribution in [1.29, 1.82) is 0 Å².